The fraction of sp³-hybridized carbons (Fsp3) is 0.714. The smallest absolute Gasteiger partial charge is 0.314 e. The quantitative estimate of drug-likeness (QED) is 0.658. The first-order chi connectivity index (χ1) is 5.97. The van der Waals surface area contributed by atoms with Crippen LogP contribution in [0.5, 0.6) is 0 Å². The number of ether oxygens (including phenoxy) is 1. The van der Waals surface area contributed by atoms with Crippen molar-refractivity contribution in [3.63, 3.8) is 0 Å². The summed E-state index contributed by atoms with van der Waals surface area (Å²) in [6, 6.07) is 0. The highest BCUT2D eigenvalue weighted by Gasteiger charge is 2.17. The molecule has 0 atom stereocenters. The highest BCUT2D eigenvalue weighted by molar-refractivity contribution is 5.71. The normalized spacial score (nSPS) is 11.3. The molecule has 1 N–H and O–H groups in total. The van der Waals surface area contributed by atoms with Crippen molar-refractivity contribution in [2.75, 3.05) is 0 Å². The fourth-order valence-electron chi connectivity index (χ4n) is 0.764. The van der Waals surface area contributed by atoms with Crippen LogP contribution in [0.25, 0.3) is 0 Å². The Hall–Kier alpha value is -1.46. The molecule has 0 bridgehead atoms. The van der Waals surface area contributed by atoms with Crippen LogP contribution in [0.3, 0.4) is 0 Å². The molecule has 1 aromatic heterocycles. The SMILES string of the molecule is CC(C)(C)OC(=O)Cc1nn[nH]n1. The van der Waals surface area contributed by atoms with E-state index in [4.69, 9.17) is 4.74 Å². The monoisotopic (exact) mass is 184 g/mol. The maximum atomic E-state index is 11.2. The molecule has 0 aliphatic carbocycles. The Balaban J connectivity index is 2.43. The van der Waals surface area contributed by atoms with Gasteiger partial charge in [0, 0.05) is 0 Å². The van der Waals surface area contributed by atoms with Gasteiger partial charge >= 0.3 is 5.97 Å². The van der Waals surface area contributed by atoms with Crippen LogP contribution in [-0.4, -0.2) is 32.2 Å². The summed E-state index contributed by atoms with van der Waals surface area (Å²) in [5, 5.41) is 12.9. The topological polar surface area (TPSA) is 80.8 Å². The van der Waals surface area contributed by atoms with Crippen molar-refractivity contribution in [2.45, 2.75) is 32.8 Å². The molecular weight excluding hydrogens is 172 g/mol. The van der Waals surface area contributed by atoms with Crippen LogP contribution in [-0.2, 0) is 16.0 Å². The van der Waals surface area contributed by atoms with Crippen molar-refractivity contribution in [2.24, 2.45) is 0 Å². The van der Waals surface area contributed by atoms with Gasteiger partial charge in [-0.3, -0.25) is 4.79 Å². The van der Waals surface area contributed by atoms with E-state index < -0.39 is 5.60 Å². The van der Waals surface area contributed by atoms with Crippen molar-refractivity contribution in [3.8, 4) is 0 Å². The van der Waals surface area contributed by atoms with E-state index in [0.717, 1.165) is 0 Å². The zero-order chi connectivity index (χ0) is 9.90. The molecule has 0 saturated heterocycles. The van der Waals surface area contributed by atoms with Gasteiger partial charge in [0.25, 0.3) is 0 Å². The first-order valence-corrected chi connectivity index (χ1v) is 3.91. The summed E-state index contributed by atoms with van der Waals surface area (Å²) < 4.78 is 5.05. The first kappa shape index (κ1) is 9.63. The minimum atomic E-state index is -0.471. The number of carbonyl (C=O) groups is 1. The lowest BCUT2D eigenvalue weighted by Crippen LogP contribution is -2.25. The Labute approximate surface area is 75.7 Å². The zero-order valence-corrected chi connectivity index (χ0v) is 7.87. The van der Waals surface area contributed by atoms with E-state index in [1.165, 1.54) is 0 Å². The lowest BCUT2D eigenvalue weighted by Gasteiger charge is -2.18. The number of carbonyl (C=O) groups excluding carboxylic acids is 1. The summed E-state index contributed by atoms with van der Waals surface area (Å²) in [7, 11) is 0. The number of nitrogens with zero attached hydrogens (tertiary/aromatic N) is 3. The van der Waals surface area contributed by atoms with Crippen molar-refractivity contribution in [3.05, 3.63) is 5.82 Å². The molecule has 0 aliphatic heterocycles. The lowest BCUT2D eigenvalue weighted by molar-refractivity contribution is -0.154. The number of hydrogen-bond donors (Lipinski definition) is 1. The van der Waals surface area contributed by atoms with Crippen LogP contribution in [0.1, 0.15) is 26.6 Å². The molecule has 0 spiro atoms. The molecule has 1 aromatic rings. The van der Waals surface area contributed by atoms with E-state index in [9.17, 15) is 4.79 Å². The molecule has 0 aromatic carbocycles. The number of tetrazole rings is 1. The highest BCUT2D eigenvalue weighted by atomic mass is 16.6. The maximum Gasteiger partial charge on any atom is 0.314 e. The number of H-pyrrole nitrogens is 1. The first-order valence-electron chi connectivity index (χ1n) is 3.91. The summed E-state index contributed by atoms with van der Waals surface area (Å²) >= 11 is 0. The van der Waals surface area contributed by atoms with Crippen LogP contribution >= 0.6 is 0 Å². The lowest BCUT2D eigenvalue weighted by atomic mass is 10.2. The number of hydrogen-bond acceptors (Lipinski definition) is 5. The van der Waals surface area contributed by atoms with E-state index in [1.54, 1.807) is 20.8 Å². The summed E-state index contributed by atoms with van der Waals surface area (Å²) in [6.07, 6.45) is 0.0494. The predicted molar refractivity (Wildman–Crippen MR) is 43.7 cm³/mol. The van der Waals surface area contributed by atoms with Gasteiger partial charge in [-0.25, -0.2) is 0 Å². The van der Waals surface area contributed by atoms with Gasteiger partial charge in [0.2, 0.25) is 0 Å². The van der Waals surface area contributed by atoms with Gasteiger partial charge < -0.3 is 4.74 Å². The third-order valence-corrected chi connectivity index (χ3v) is 1.11. The molecule has 6 nitrogen and oxygen atoms in total. The van der Waals surface area contributed by atoms with Gasteiger partial charge in [0.05, 0.1) is 0 Å². The number of esters is 1. The van der Waals surface area contributed by atoms with Crippen molar-refractivity contribution >= 4 is 5.97 Å². The van der Waals surface area contributed by atoms with Crippen molar-refractivity contribution in [1.29, 1.82) is 0 Å². The Kier molecular flexibility index (Phi) is 2.60. The predicted octanol–water partition coefficient (Wildman–Crippen LogP) is 0.0839. The molecule has 1 rings (SSSR count). The molecule has 0 saturated carbocycles. The van der Waals surface area contributed by atoms with Crippen LogP contribution in [0, 0.1) is 0 Å². The fourth-order valence-corrected chi connectivity index (χ4v) is 0.764. The zero-order valence-electron chi connectivity index (χ0n) is 7.87. The molecule has 0 amide bonds. The second kappa shape index (κ2) is 3.51. The average molecular weight is 184 g/mol. The van der Waals surface area contributed by atoms with E-state index in [2.05, 4.69) is 20.6 Å². The van der Waals surface area contributed by atoms with Gasteiger partial charge in [-0.05, 0) is 20.8 Å². The molecule has 0 fully saturated rings. The molecule has 0 unspecified atom stereocenters. The molecular formula is C7H12N4O2. The van der Waals surface area contributed by atoms with E-state index >= 15 is 0 Å². The summed E-state index contributed by atoms with van der Waals surface area (Å²) in [4.78, 5) is 11.2. The van der Waals surface area contributed by atoms with Crippen LogP contribution in [0.2, 0.25) is 0 Å². The Morgan fingerprint density at radius 3 is 2.69 bits per heavy atom. The van der Waals surface area contributed by atoms with Crippen LogP contribution < -0.4 is 0 Å². The van der Waals surface area contributed by atoms with Gasteiger partial charge in [0.1, 0.15) is 12.0 Å². The molecule has 6 heteroatoms. The average Bonchev–Trinajstić information content (AvgIpc) is 2.34. The van der Waals surface area contributed by atoms with E-state index in [-0.39, 0.29) is 12.4 Å². The van der Waals surface area contributed by atoms with E-state index in [0.29, 0.717) is 5.82 Å². The second-order valence-corrected chi connectivity index (χ2v) is 3.59. The number of aromatic amines is 1. The van der Waals surface area contributed by atoms with Gasteiger partial charge in [0.15, 0.2) is 5.82 Å². The summed E-state index contributed by atoms with van der Waals surface area (Å²) in [6.45, 7) is 5.42. The molecule has 1 heterocycles. The third kappa shape index (κ3) is 3.64. The largest absolute Gasteiger partial charge is 0.460 e. The minimum Gasteiger partial charge on any atom is -0.460 e. The summed E-state index contributed by atoms with van der Waals surface area (Å²) in [5.74, 6) is -0.0110. The number of aromatic nitrogens is 4. The highest BCUT2D eigenvalue weighted by Crippen LogP contribution is 2.07. The van der Waals surface area contributed by atoms with Crippen LogP contribution in [0.15, 0.2) is 0 Å². The maximum absolute atomic E-state index is 11.2. The molecule has 0 aliphatic rings. The Bertz CT molecular complexity index is 275. The van der Waals surface area contributed by atoms with Gasteiger partial charge in [-0.15, -0.1) is 10.2 Å². The molecule has 0 radical (unpaired) electrons. The van der Waals surface area contributed by atoms with Crippen molar-refractivity contribution in [1.82, 2.24) is 20.6 Å². The molecule has 72 valence electrons. The molecule has 13 heavy (non-hydrogen) atoms. The Morgan fingerprint density at radius 1 is 1.54 bits per heavy atom. The standard InChI is InChI=1S/C7H12N4O2/c1-7(2,3)13-6(12)4-5-8-10-11-9-5/h4H2,1-3H3,(H,8,9,10,11). The van der Waals surface area contributed by atoms with Gasteiger partial charge in [-0.1, -0.05) is 5.21 Å². The Morgan fingerprint density at radius 2 is 2.23 bits per heavy atom. The van der Waals surface area contributed by atoms with E-state index in [1.807, 2.05) is 0 Å². The summed E-state index contributed by atoms with van der Waals surface area (Å²) in [5.41, 5.74) is -0.471. The van der Waals surface area contributed by atoms with Gasteiger partial charge in [-0.2, -0.15) is 5.21 Å². The number of nitrogens with one attached hydrogen (secondary N) is 1. The third-order valence-electron chi connectivity index (χ3n) is 1.11. The van der Waals surface area contributed by atoms with Crippen molar-refractivity contribution < 1.29 is 9.53 Å². The number of rotatable bonds is 2. The minimum absolute atomic E-state index is 0.0494. The van der Waals surface area contributed by atoms with Crippen LogP contribution in [0.4, 0.5) is 0 Å². The second-order valence-electron chi connectivity index (χ2n) is 3.59.